The number of nitrogens with zero attached hydrogens (tertiary/aromatic N) is 2. The molecule has 3 N–H and O–H groups in total. The average Bonchev–Trinajstić information content (AvgIpc) is 3.11. The number of halogens is 1. The highest BCUT2D eigenvalue weighted by atomic mass is 35.5. The molecule has 1 aromatic heterocycles. The molecule has 1 aliphatic carbocycles. The Morgan fingerprint density at radius 1 is 1.33 bits per heavy atom. The van der Waals surface area contributed by atoms with Crippen LogP contribution in [-0.2, 0) is 4.79 Å². The van der Waals surface area contributed by atoms with Crippen molar-refractivity contribution in [3.63, 3.8) is 0 Å². The lowest BCUT2D eigenvalue weighted by Gasteiger charge is -2.23. The van der Waals surface area contributed by atoms with Gasteiger partial charge in [0.05, 0.1) is 16.2 Å². The van der Waals surface area contributed by atoms with Gasteiger partial charge in [0.1, 0.15) is 5.69 Å². The van der Waals surface area contributed by atoms with Crippen molar-refractivity contribution in [2.45, 2.75) is 31.2 Å². The van der Waals surface area contributed by atoms with Gasteiger partial charge in [0.2, 0.25) is 5.91 Å². The molecule has 1 saturated carbocycles. The zero-order chi connectivity index (χ0) is 14.9. The molecule has 2 aromatic rings. The van der Waals surface area contributed by atoms with Gasteiger partial charge >= 0.3 is 0 Å². The molecule has 0 spiro atoms. The summed E-state index contributed by atoms with van der Waals surface area (Å²) in [6.45, 7) is 0. The van der Waals surface area contributed by atoms with Crippen LogP contribution in [0.3, 0.4) is 0 Å². The smallest absolute Gasteiger partial charge is 0.244 e. The van der Waals surface area contributed by atoms with E-state index in [0.29, 0.717) is 16.4 Å². The first-order valence-corrected chi connectivity index (χ1v) is 7.37. The maximum atomic E-state index is 12.5. The molecule has 1 aromatic carbocycles. The van der Waals surface area contributed by atoms with Crippen LogP contribution in [0.15, 0.2) is 36.7 Å². The first kappa shape index (κ1) is 14.1. The Bertz CT molecular complexity index is 648. The quantitative estimate of drug-likeness (QED) is 0.915. The van der Waals surface area contributed by atoms with Crippen molar-refractivity contribution >= 4 is 23.2 Å². The van der Waals surface area contributed by atoms with E-state index in [1.807, 2.05) is 0 Å². The number of hydrogen-bond donors (Lipinski definition) is 2. The van der Waals surface area contributed by atoms with E-state index >= 15 is 0 Å². The van der Waals surface area contributed by atoms with Gasteiger partial charge in [-0.05, 0) is 31.0 Å². The first-order valence-electron chi connectivity index (χ1n) is 6.99. The Hall–Kier alpha value is -1.85. The summed E-state index contributed by atoms with van der Waals surface area (Å²) in [4.78, 5) is 12.5. The summed E-state index contributed by atoms with van der Waals surface area (Å²) in [5.74, 6) is -0.157. The Morgan fingerprint density at radius 2 is 2.10 bits per heavy atom. The van der Waals surface area contributed by atoms with Gasteiger partial charge in [0, 0.05) is 12.4 Å². The van der Waals surface area contributed by atoms with E-state index in [1.165, 1.54) is 0 Å². The number of rotatable bonds is 3. The standard InChI is InChI=1S/C15H17ClN4O/c16-11-5-3-6-12(13(11)20-10-4-9-18-20)19-14(21)15(17)7-1-2-8-15/h3-6,9-10H,1-2,7-8,17H2,(H,19,21). The van der Waals surface area contributed by atoms with Crippen LogP contribution in [0.1, 0.15) is 25.7 Å². The molecule has 1 fully saturated rings. The molecule has 21 heavy (non-hydrogen) atoms. The molecule has 0 saturated heterocycles. The van der Waals surface area contributed by atoms with E-state index < -0.39 is 5.54 Å². The number of para-hydroxylation sites is 1. The fourth-order valence-electron chi connectivity index (χ4n) is 2.73. The highest BCUT2D eigenvalue weighted by molar-refractivity contribution is 6.33. The second kappa shape index (κ2) is 5.50. The zero-order valence-corrected chi connectivity index (χ0v) is 12.3. The largest absolute Gasteiger partial charge is 0.323 e. The lowest BCUT2D eigenvalue weighted by Crippen LogP contribution is -2.48. The van der Waals surface area contributed by atoms with E-state index in [9.17, 15) is 4.79 Å². The number of carbonyl (C=O) groups excluding carboxylic acids is 1. The van der Waals surface area contributed by atoms with Gasteiger partial charge in [-0.1, -0.05) is 30.5 Å². The average molecular weight is 305 g/mol. The highest BCUT2D eigenvalue weighted by Crippen LogP contribution is 2.31. The van der Waals surface area contributed by atoms with E-state index in [4.69, 9.17) is 17.3 Å². The second-order valence-electron chi connectivity index (χ2n) is 5.40. The maximum Gasteiger partial charge on any atom is 0.244 e. The molecule has 110 valence electrons. The minimum absolute atomic E-state index is 0.157. The number of nitrogens with two attached hydrogens (primary N) is 1. The van der Waals surface area contributed by atoms with Gasteiger partial charge in [-0.25, -0.2) is 4.68 Å². The molecule has 0 aliphatic heterocycles. The number of anilines is 1. The summed E-state index contributed by atoms with van der Waals surface area (Å²) in [6, 6.07) is 7.17. The summed E-state index contributed by atoms with van der Waals surface area (Å²) in [6.07, 6.45) is 6.87. The van der Waals surface area contributed by atoms with E-state index in [2.05, 4.69) is 10.4 Å². The van der Waals surface area contributed by atoms with Gasteiger partial charge in [-0.2, -0.15) is 5.10 Å². The zero-order valence-electron chi connectivity index (χ0n) is 11.6. The van der Waals surface area contributed by atoms with E-state index in [-0.39, 0.29) is 5.91 Å². The van der Waals surface area contributed by atoms with Crippen LogP contribution in [0.25, 0.3) is 5.69 Å². The monoisotopic (exact) mass is 304 g/mol. The highest BCUT2D eigenvalue weighted by Gasteiger charge is 2.37. The molecule has 5 nitrogen and oxygen atoms in total. The molecule has 0 bridgehead atoms. The van der Waals surface area contributed by atoms with Crippen molar-refractivity contribution < 1.29 is 4.79 Å². The van der Waals surface area contributed by atoms with Gasteiger partial charge < -0.3 is 11.1 Å². The summed E-state index contributed by atoms with van der Waals surface area (Å²) in [5, 5.41) is 7.61. The molecule has 0 atom stereocenters. The molecule has 1 heterocycles. The van der Waals surface area contributed by atoms with Crippen molar-refractivity contribution in [3.8, 4) is 5.69 Å². The van der Waals surface area contributed by atoms with E-state index in [0.717, 1.165) is 25.7 Å². The summed E-state index contributed by atoms with van der Waals surface area (Å²) in [7, 11) is 0. The molecular weight excluding hydrogens is 288 g/mol. The minimum atomic E-state index is -0.774. The van der Waals surface area contributed by atoms with Crippen LogP contribution >= 0.6 is 11.6 Å². The van der Waals surface area contributed by atoms with Crippen molar-refractivity contribution in [2.24, 2.45) is 5.73 Å². The SMILES string of the molecule is NC1(C(=O)Nc2cccc(Cl)c2-n2cccn2)CCCC1. The van der Waals surface area contributed by atoms with Gasteiger partial charge in [0.15, 0.2) is 0 Å². The number of nitrogens with one attached hydrogen (secondary N) is 1. The van der Waals surface area contributed by atoms with Crippen molar-refractivity contribution in [1.82, 2.24) is 9.78 Å². The maximum absolute atomic E-state index is 12.5. The third kappa shape index (κ3) is 2.66. The lowest BCUT2D eigenvalue weighted by atomic mass is 9.98. The number of benzene rings is 1. The lowest BCUT2D eigenvalue weighted by molar-refractivity contribution is -0.121. The molecule has 0 unspecified atom stereocenters. The first-order chi connectivity index (χ1) is 10.1. The van der Waals surface area contributed by atoms with Crippen molar-refractivity contribution in [2.75, 3.05) is 5.32 Å². The van der Waals surface area contributed by atoms with E-state index in [1.54, 1.807) is 41.3 Å². The molecule has 1 aliphatic rings. The van der Waals surface area contributed by atoms with Crippen LogP contribution < -0.4 is 11.1 Å². The summed E-state index contributed by atoms with van der Waals surface area (Å²) < 4.78 is 1.63. The number of carbonyl (C=O) groups is 1. The molecular formula is C15H17ClN4O. The second-order valence-corrected chi connectivity index (χ2v) is 5.81. The summed E-state index contributed by atoms with van der Waals surface area (Å²) >= 11 is 6.26. The summed E-state index contributed by atoms with van der Waals surface area (Å²) in [5.41, 5.74) is 6.69. The van der Waals surface area contributed by atoms with Crippen LogP contribution in [0, 0.1) is 0 Å². The Labute approximate surface area is 128 Å². The van der Waals surface area contributed by atoms with Crippen LogP contribution in [-0.4, -0.2) is 21.2 Å². The normalized spacial score (nSPS) is 16.9. The molecule has 3 rings (SSSR count). The van der Waals surface area contributed by atoms with Crippen molar-refractivity contribution in [3.05, 3.63) is 41.7 Å². The van der Waals surface area contributed by atoms with Crippen LogP contribution in [0.2, 0.25) is 5.02 Å². The Morgan fingerprint density at radius 3 is 2.76 bits per heavy atom. The minimum Gasteiger partial charge on any atom is -0.323 e. The van der Waals surface area contributed by atoms with Gasteiger partial charge in [-0.15, -0.1) is 0 Å². The molecule has 6 heteroatoms. The number of aromatic nitrogens is 2. The Balaban J connectivity index is 1.93. The molecule has 0 radical (unpaired) electrons. The fraction of sp³-hybridized carbons (Fsp3) is 0.333. The van der Waals surface area contributed by atoms with Crippen LogP contribution in [0.4, 0.5) is 5.69 Å². The van der Waals surface area contributed by atoms with Gasteiger partial charge in [-0.3, -0.25) is 4.79 Å². The predicted molar refractivity (Wildman–Crippen MR) is 82.6 cm³/mol. The topological polar surface area (TPSA) is 72.9 Å². The Kier molecular flexibility index (Phi) is 3.69. The predicted octanol–water partition coefficient (Wildman–Crippen LogP) is 2.74. The number of amides is 1. The number of hydrogen-bond acceptors (Lipinski definition) is 3. The fourth-order valence-corrected chi connectivity index (χ4v) is 2.99. The third-order valence-corrected chi connectivity index (χ3v) is 4.22. The van der Waals surface area contributed by atoms with Crippen LogP contribution in [0.5, 0.6) is 0 Å². The third-order valence-electron chi connectivity index (χ3n) is 3.92. The van der Waals surface area contributed by atoms with Crippen molar-refractivity contribution in [1.29, 1.82) is 0 Å². The molecule has 1 amide bonds. The van der Waals surface area contributed by atoms with Gasteiger partial charge in [0.25, 0.3) is 0 Å².